The summed E-state index contributed by atoms with van der Waals surface area (Å²) in [5.74, 6) is -0.116. The summed E-state index contributed by atoms with van der Waals surface area (Å²) in [4.78, 5) is 17.5. The molecule has 102 valence electrons. The Morgan fingerprint density at radius 3 is 3.05 bits per heavy atom. The maximum Gasteiger partial charge on any atom is 0.271 e. The lowest BCUT2D eigenvalue weighted by atomic mass is 10.2. The molecule has 1 amide bonds. The van der Waals surface area contributed by atoms with Crippen molar-refractivity contribution in [1.82, 2.24) is 10.3 Å². The lowest BCUT2D eigenvalue weighted by Crippen LogP contribution is -2.23. The van der Waals surface area contributed by atoms with Gasteiger partial charge in [-0.15, -0.1) is 22.7 Å². The molecule has 0 aliphatic heterocycles. The fourth-order valence-electron chi connectivity index (χ4n) is 1.74. The van der Waals surface area contributed by atoms with Gasteiger partial charge in [-0.2, -0.15) is 0 Å². The third-order valence-electron chi connectivity index (χ3n) is 2.77. The van der Waals surface area contributed by atoms with E-state index in [1.54, 1.807) is 16.7 Å². The van der Waals surface area contributed by atoms with Crippen LogP contribution < -0.4 is 11.1 Å². The number of carbonyl (C=O) groups is 1. The minimum absolute atomic E-state index is 0.116. The quantitative estimate of drug-likeness (QED) is 0.858. The van der Waals surface area contributed by atoms with E-state index in [0.717, 1.165) is 17.8 Å². The van der Waals surface area contributed by atoms with Gasteiger partial charge in [0.25, 0.3) is 5.91 Å². The Bertz CT molecular complexity index is 548. The van der Waals surface area contributed by atoms with E-state index in [9.17, 15) is 4.79 Å². The number of nitrogens with one attached hydrogen (secondary N) is 1. The highest BCUT2D eigenvalue weighted by Gasteiger charge is 2.11. The van der Waals surface area contributed by atoms with Crippen molar-refractivity contribution in [1.29, 1.82) is 0 Å². The minimum Gasteiger partial charge on any atom is -0.346 e. The van der Waals surface area contributed by atoms with Gasteiger partial charge in [-0.1, -0.05) is 6.92 Å². The average Bonchev–Trinajstić information content (AvgIpc) is 3.04. The topological polar surface area (TPSA) is 68.0 Å². The predicted octanol–water partition coefficient (Wildman–Crippen LogP) is 2.20. The average molecular weight is 295 g/mol. The van der Waals surface area contributed by atoms with E-state index in [4.69, 9.17) is 5.73 Å². The summed E-state index contributed by atoms with van der Waals surface area (Å²) < 4.78 is 0. The third kappa shape index (κ3) is 3.62. The van der Waals surface area contributed by atoms with E-state index in [1.807, 2.05) is 0 Å². The number of nitrogens with two attached hydrogens (primary N) is 1. The molecule has 2 aromatic heterocycles. The number of amides is 1. The zero-order valence-electron chi connectivity index (χ0n) is 10.8. The first kappa shape index (κ1) is 14.2. The highest BCUT2D eigenvalue weighted by Crippen LogP contribution is 2.17. The Labute approximate surface area is 120 Å². The SMILES string of the molecule is CCc1ccsc1CNC(=O)c1csc(CCN)n1. The lowest BCUT2D eigenvalue weighted by Gasteiger charge is -2.03. The van der Waals surface area contributed by atoms with Gasteiger partial charge in [0.1, 0.15) is 5.69 Å². The van der Waals surface area contributed by atoms with Crippen molar-refractivity contribution in [2.45, 2.75) is 26.3 Å². The van der Waals surface area contributed by atoms with Crippen LogP contribution in [0.2, 0.25) is 0 Å². The number of aryl methyl sites for hydroxylation is 1. The third-order valence-corrected chi connectivity index (χ3v) is 4.64. The van der Waals surface area contributed by atoms with E-state index in [1.165, 1.54) is 21.8 Å². The molecule has 3 N–H and O–H groups in total. The molecular weight excluding hydrogens is 278 g/mol. The smallest absolute Gasteiger partial charge is 0.271 e. The number of hydrogen-bond donors (Lipinski definition) is 2. The zero-order chi connectivity index (χ0) is 13.7. The summed E-state index contributed by atoms with van der Waals surface area (Å²) in [6.45, 7) is 3.25. The molecule has 0 aliphatic carbocycles. The minimum atomic E-state index is -0.116. The second-order valence-corrected chi connectivity index (χ2v) is 6.01. The van der Waals surface area contributed by atoms with Gasteiger partial charge in [0.05, 0.1) is 11.6 Å². The normalized spacial score (nSPS) is 10.6. The Kier molecular flexibility index (Phi) is 5.07. The molecule has 4 nitrogen and oxygen atoms in total. The van der Waals surface area contributed by atoms with Crippen molar-refractivity contribution in [3.05, 3.63) is 38.0 Å². The van der Waals surface area contributed by atoms with Crippen LogP contribution >= 0.6 is 22.7 Å². The molecule has 0 bridgehead atoms. The van der Waals surface area contributed by atoms with Crippen LogP contribution in [0.25, 0.3) is 0 Å². The van der Waals surface area contributed by atoms with Crippen molar-refractivity contribution < 1.29 is 4.79 Å². The van der Waals surface area contributed by atoms with E-state index in [-0.39, 0.29) is 5.91 Å². The van der Waals surface area contributed by atoms with Gasteiger partial charge >= 0.3 is 0 Å². The number of nitrogens with zero attached hydrogens (tertiary/aromatic N) is 1. The molecule has 0 radical (unpaired) electrons. The van der Waals surface area contributed by atoms with Crippen LogP contribution in [0.5, 0.6) is 0 Å². The molecule has 0 saturated heterocycles. The van der Waals surface area contributed by atoms with Crippen LogP contribution in [-0.2, 0) is 19.4 Å². The summed E-state index contributed by atoms with van der Waals surface area (Å²) >= 11 is 3.16. The Balaban J connectivity index is 1.93. The Morgan fingerprint density at radius 1 is 1.47 bits per heavy atom. The van der Waals surface area contributed by atoms with Crippen LogP contribution in [0.15, 0.2) is 16.8 Å². The van der Waals surface area contributed by atoms with Gasteiger partial charge in [-0.25, -0.2) is 4.98 Å². The maximum absolute atomic E-state index is 12.0. The van der Waals surface area contributed by atoms with Crippen molar-refractivity contribution in [3.8, 4) is 0 Å². The van der Waals surface area contributed by atoms with Gasteiger partial charge < -0.3 is 11.1 Å². The molecule has 0 aromatic carbocycles. The molecular formula is C13H17N3OS2. The number of thiophene rings is 1. The Hall–Kier alpha value is -1.24. The van der Waals surface area contributed by atoms with Crippen LogP contribution in [-0.4, -0.2) is 17.4 Å². The lowest BCUT2D eigenvalue weighted by molar-refractivity contribution is 0.0947. The van der Waals surface area contributed by atoms with Crippen LogP contribution in [0.3, 0.4) is 0 Å². The van der Waals surface area contributed by atoms with Gasteiger partial charge in [-0.05, 0) is 30.0 Å². The van der Waals surface area contributed by atoms with Crippen LogP contribution in [0.4, 0.5) is 0 Å². The maximum atomic E-state index is 12.0. The van der Waals surface area contributed by atoms with Gasteiger partial charge in [0.15, 0.2) is 0 Å². The van der Waals surface area contributed by atoms with Gasteiger partial charge in [0.2, 0.25) is 0 Å². The molecule has 0 spiro atoms. The van der Waals surface area contributed by atoms with Crippen LogP contribution in [0, 0.1) is 0 Å². The molecule has 19 heavy (non-hydrogen) atoms. The van der Waals surface area contributed by atoms with Gasteiger partial charge in [0, 0.05) is 16.7 Å². The summed E-state index contributed by atoms with van der Waals surface area (Å²) in [5, 5.41) is 7.68. The first-order chi connectivity index (χ1) is 9.24. The molecule has 0 atom stereocenters. The number of thiazole rings is 1. The number of carbonyl (C=O) groups excluding carboxylic acids is 1. The number of hydrogen-bond acceptors (Lipinski definition) is 5. The highest BCUT2D eigenvalue weighted by atomic mass is 32.1. The number of aromatic nitrogens is 1. The standard InChI is InChI=1S/C13H17N3OS2/c1-2-9-4-6-18-11(9)7-15-13(17)10-8-19-12(16-10)3-5-14/h4,6,8H,2-3,5,7,14H2,1H3,(H,15,17). The monoisotopic (exact) mass is 295 g/mol. The molecule has 2 heterocycles. The molecule has 0 saturated carbocycles. The largest absolute Gasteiger partial charge is 0.346 e. The second-order valence-electron chi connectivity index (χ2n) is 4.07. The van der Waals surface area contributed by atoms with E-state index in [0.29, 0.717) is 18.8 Å². The summed E-state index contributed by atoms with van der Waals surface area (Å²) in [6.07, 6.45) is 1.72. The first-order valence-electron chi connectivity index (χ1n) is 6.22. The zero-order valence-corrected chi connectivity index (χ0v) is 12.4. The van der Waals surface area contributed by atoms with Gasteiger partial charge in [-0.3, -0.25) is 4.79 Å². The van der Waals surface area contributed by atoms with Crippen molar-refractivity contribution in [2.24, 2.45) is 5.73 Å². The van der Waals surface area contributed by atoms with Crippen molar-refractivity contribution >= 4 is 28.6 Å². The van der Waals surface area contributed by atoms with E-state index < -0.39 is 0 Å². The number of rotatable bonds is 6. The van der Waals surface area contributed by atoms with E-state index >= 15 is 0 Å². The summed E-state index contributed by atoms with van der Waals surface area (Å²) in [6, 6.07) is 2.11. The Morgan fingerprint density at radius 2 is 2.32 bits per heavy atom. The first-order valence-corrected chi connectivity index (χ1v) is 7.98. The highest BCUT2D eigenvalue weighted by molar-refractivity contribution is 7.10. The van der Waals surface area contributed by atoms with Crippen molar-refractivity contribution in [2.75, 3.05) is 6.54 Å². The second kappa shape index (κ2) is 6.79. The summed E-state index contributed by atoms with van der Waals surface area (Å²) in [7, 11) is 0. The van der Waals surface area contributed by atoms with Crippen molar-refractivity contribution in [3.63, 3.8) is 0 Å². The molecule has 0 unspecified atom stereocenters. The molecule has 2 aromatic rings. The fraction of sp³-hybridized carbons (Fsp3) is 0.385. The molecule has 6 heteroatoms. The van der Waals surface area contributed by atoms with E-state index in [2.05, 4.69) is 28.7 Å². The molecule has 0 fully saturated rings. The molecule has 0 aliphatic rings. The van der Waals surface area contributed by atoms with Crippen LogP contribution in [0.1, 0.15) is 32.9 Å². The summed E-state index contributed by atoms with van der Waals surface area (Å²) in [5.41, 5.74) is 7.26. The molecule has 2 rings (SSSR count). The predicted molar refractivity (Wildman–Crippen MR) is 79.7 cm³/mol. The fourth-order valence-corrected chi connectivity index (χ4v) is 3.45.